The Bertz CT molecular complexity index is 208. The highest BCUT2D eigenvalue weighted by Gasteiger charge is 2.19. The number of carbonyl (C=O) groups excluding carboxylic acids is 1. The molecule has 0 bridgehead atoms. The van der Waals surface area contributed by atoms with Gasteiger partial charge >= 0.3 is 0 Å². The summed E-state index contributed by atoms with van der Waals surface area (Å²) >= 11 is 0. The summed E-state index contributed by atoms with van der Waals surface area (Å²) in [6.45, 7) is 6.52. The SMILES string of the molecule is O=C(CN1CCCCC1)N1CCNCC1. The molecule has 15 heavy (non-hydrogen) atoms. The molecule has 2 aliphatic heterocycles. The first-order valence-corrected chi connectivity index (χ1v) is 6.07. The summed E-state index contributed by atoms with van der Waals surface area (Å²) in [4.78, 5) is 16.2. The number of carbonyl (C=O) groups is 1. The van der Waals surface area contributed by atoms with E-state index >= 15 is 0 Å². The molecule has 0 saturated carbocycles. The number of hydrogen-bond donors (Lipinski definition) is 1. The third-order valence-corrected chi connectivity index (χ3v) is 3.28. The highest BCUT2D eigenvalue weighted by Crippen LogP contribution is 2.08. The van der Waals surface area contributed by atoms with Gasteiger partial charge in [-0.25, -0.2) is 0 Å². The average molecular weight is 211 g/mol. The van der Waals surface area contributed by atoms with Gasteiger partial charge in [0.2, 0.25) is 5.91 Å². The molecule has 2 rings (SSSR count). The summed E-state index contributed by atoms with van der Waals surface area (Å²) in [5, 5.41) is 3.27. The number of nitrogens with one attached hydrogen (secondary N) is 1. The second kappa shape index (κ2) is 5.47. The Morgan fingerprint density at radius 2 is 1.67 bits per heavy atom. The van der Waals surface area contributed by atoms with Gasteiger partial charge in [-0.2, -0.15) is 0 Å². The minimum Gasteiger partial charge on any atom is -0.339 e. The van der Waals surface area contributed by atoms with E-state index in [1.165, 1.54) is 19.3 Å². The Balaban J connectivity index is 1.74. The van der Waals surface area contributed by atoms with Crippen LogP contribution in [0.4, 0.5) is 0 Å². The van der Waals surface area contributed by atoms with Crippen molar-refractivity contribution >= 4 is 5.91 Å². The van der Waals surface area contributed by atoms with E-state index in [9.17, 15) is 4.79 Å². The third kappa shape index (κ3) is 3.18. The molecule has 1 N–H and O–H groups in total. The monoisotopic (exact) mass is 211 g/mol. The van der Waals surface area contributed by atoms with Crippen molar-refractivity contribution in [1.29, 1.82) is 0 Å². The van der Waals surface area contributed by atoms with Crippen LogP contribution in [0.15, 0.2) is 0 Å². The topological polar surface area (TPSA) is 35.6 Å². The normalized spacial score (nSPS) is 24.1. The standard InChI is InChI=1S/C11H21N3O/c15-11(14-8-4-12-5-9-14)10-13-6-2-1-3-7-13/h12H,1-10H2. The molecule has 2 heterocycles. The number of likely N-dealkylation sites (tertiary alicyclic amines) is 1. The van der Waals surface area contributed by atoms with Gasteiger partial charge in [-0.05, 0) is 25.9 Å². The Morgan fingerprint density at radius 1 is 1.00 bits per heavy atom. The van der Waals surface area contributed by atoms with Gasteiger partial charge < -0.3 is 10.2 Å². The molecule has 4 heteroatoms. The van der Waals surface area contributed by atoms with Crippen LogP contribution in [0.25, 0.3) is 0 Å². The van der Waals surface area contributed by atoms with Crippen LogP contribution in [-0.2, 0) is 4.79 Å². The maximum Gasteiger partial charge on any atom is 0.236 e. The summed E-state index contributed by atoms with van der Waals surface area (Å²) in [5.41, 5.74) is 0. The molecule has 4 nitrogen and oxygen atoms in total. The first kappa shape index (κ1) is 10.9. The summed E-state index contributed by atoms with van der Waals surface area (Å²) in [5.74, 6) is 0.318. The van der Waals surface area contributed by atoms with Gasteiger partial charge in [0.1, 0.15) is 0 Å². The summed E-state index contributed by atoms with van der Waals surface area (Å²) in [7, 11) is 0. The van der Waals surface area contributed by atoms with Crippen molar-refractivity contribution in [3.63, 3.8) is 0 Å². The molecule has 2 aliphatic rings. The van der Waals surface area contributed by atoms with Gasteiger partial charge in [0.15, 0.2) is 0 Å². The van der Waals surface area contributed by atoms with E-state index in [4.69, 9.17) is 0 Å². The van der Waals surface area contributed by atoms with Crippen LogP contribution in [0, 0.1) is 0 Å². The first-order chi connectivity index (χ1) is 7.36. The zero-order valence-electron chi connectivity index (χ0n) is 9.37. The third-order valence-electron chi connectivity index (χ3n) is 3.28. The predicted molar refractivity (Wildman–Crippen MR) is 59.7 cm³/mol. The lowest BCUT2D eigenvalue weighted by Gasteiger charge is -2.31. The molecule has 0 aromatic heterocycles. The second-order valence-electron chi connectivity index (χ2n) is 4.47. The molecular weight excluding hydrogens is 190 g/mol. The van der Waals surface area contributed by atoms with Crippen molar-refractivity contribution in [2.75, 3.05) is 45.8 Å². The number of piperazine rings is 1. The van der Waals surface area contributed by atoms with Gasteiger partial charge in [0.05, 0.1) is 6.54 Å². The summed E-state index contributed by atoms with van der Waals surface area (Å²) < 4.78 is 0. The Morgan fingerprint density at radius 3 is 2.33 bits per heavy atom. The minimum atomic E-state index is 0.318. The maximum atomic E-state index is 11.9. The zero-order valence-corrected chi connectivity index (χ0v) is 9.37. The fraction of sp³-hybridized carbons (Fsp3) is 0.909. The Labute approximate surface area is 91.6 Å². The molecule has 1 amide bonds. The average Bonchev–Trinajstić information content (AvgIpc) is 2.31. The smallest absolute Gasteiger partial charge is 0.236 e. The van der Waals surface area contributed by atoms with Crippen LogP contribution in [-0.4, -0.2) is 61.5 Å². The molecule has 0 radical (unpaired) electrons. The Kier molecular flexibility index (Phi) is 3.97. The largest absolute Gasteiger partial charge is 0.339 e. The quantitative estimate of drug-likeness (QED) is 0.693. The second-order valence-corrected chi connectivity index (χ2v) is 4.47. The molecule has 2 saturated heterocycles. The number of rotatable bonds is 2. The van der Waals surface area contributed by atoms with Gasteiger partial charge in [0, 0.05) is 26.2 Å². The van der Waals surface area contributed by atoms with E-state index in [1.807, 2.05) is 4.90 Å². The van der Waals surface area contributed by atoms with Crippen LogP contribution >= 0.6 is 0 Å². The van der Waals surface area contributed by atoms with Gasteiger partial charge in [-0.1, -0.05) is 6.42 Å². The van der Waals surface area contributed by atoms with Crippen LogP contribution in [0.3, 0.4) is 0 Å². The van der Waals surface area contributed by atoms with Crippen molar-refractivity contribution in [3.05, 3.63) is 0 Å². The van der Waals surface area contributed by atoms with Crippen LogP contribution in [0.5, 0.6) is 0 Å². The lowest BCUT2D eigenvalue weighted by molar-refractivity contribution is -0.133. The van der Waals surface area contributed by atoms with Gasteiger partial charge in [-0.3, -0.25) is 9.69 Å². The van der Waals surface area contributed by atoms with E-state index in [0.29, 0.717) is 12.5 Å². The molecule has 0 aromatic rings. The maximum absolute atomic E-state index is 11.9. The van der Waals surface area contributed by atoms with Crippen molar-refractivity contribution in [3.8, 4) is 0 Å². The van der Waals surface area contributed by atoms with Crippen molar-refractivity contribution in [2.45, 2.75) is 19.3 Å². The Hall–Kier alpha value is -0.610. The first-order valence-electron chi connectivity index (χ1n) is 6.07. The molecule has 86 valence electrons. The zero-order chi connectivity index (χ0) is 10.5. The van der Waals surface area contributed by atoms with E-state index in [1.54, 1.807) is 0 Å². The highest BCUT2D eigenvalue weighted by atomic mass is 16.2. The van der Waals surface area contributed by atoms with E-state index < -0.39 is 0 Å². The van der Waals surface area contributed by atoms with Crippen LogP contribution in [0.1, 0.15) is 19.3 Å². The van der Waals surface area contributed by atoms with Crippen molar-refractivity contribution < 1.29 is 4.79 Å². The number of hydrogen-bond acceptors (Lipinski definition) is 3. The predicted octanol–water partition coefficient (Wildman–Crippen LogP) is -0.0959. The van der Waals surface area contributed by atoms with E-state index in [2.05, 4.69) is 10.2 Å². The molecule has 0 spiro atoms. The summed E-state index contributed by atoms with van der Waals surface area (Å²) in [6, 6.07) is 0. The van der Waals surface area contributed by atoms with Crippen molar-refractivity contribution in [2.24, 2.45) is 0 Å². The number of amides is 1. The fourth-order valence-corrected chi connectivity index (χ4v) is 2.32. The number of nitrogens with zero attached hydrogens (tertiary/aromatic N) is 2. The minimum absolute atomic E-state index is 0.318. The molecule has 2 fully saturated rings. The van der Waals surface area contributed by atoms with E-state index in [-0.39, 0.29) is 0 Å². The highest BCUT2D eigenvalue weighted by molar-refractivity contribution is 5.78. The molecule has 0 aromatic carbocycles. The fourth-order valence-electron chi connectivity index (χ4n) is 2.32. The summed E-state index contributed by atoms with van der Waals surface area (Å²) in [6.07, 6.45) is 3.85. The molecule has 0 aliphatic carbocycles. The van der Waals surface area contributed by atoms with Crippen LogP contribution < -0.4 is 5.32 Å². The van der Waals surface area contributed by atoms with Gasteiger partial charge in [0.25, 0.3) is 0 Å². The van der Waals surface area contributed by atoms with E-state index in [0.717, 1.165) is 39.3 Å². The lowest BCUT2D eigenvalue weighted by Crippen LogP contribution is -2.50. The number of piperidine rings is 1. The lowest BCUT2D eigenvalue weighted by atomic mass is 10.1. The van der Waals surface area contributed by atoms with Crippen molar-refractivity contribution in [1.82, 2.24) is 15.1 Å². The molecule has 0 atom stereocenters. The molecular formula is C11H21N3O. The van der Waals surface area contributed by atoms with Gasteiger partial charge in [-0.15, -0.1) is 0 Å². The van der Waals surface area contributed by atoms with Crippen LogP contribution in [0.2, 0.25) is 0 Å². The molecule has 0 unspecified atom stereocenters.